The highest BCUT2D eigenvalue weighted by atomic mass is 32.1. The van der Waals surface area contributed by atoms with Gasteiger partial charge in [0.1, 0.15) is 17.0 Å². The second-order valence-corrected chi connectivity index (χ2v) is 7.18. The van der Waals surface area contributed by atoms with E-state index in [-0.39, 0.29) is 12.0 Å². The lowest BCUT2D eigenvalue weighted by Crippen LogP contribution is -2.27. The summed E-state index contributed by atoms with van der Waals surface area (Å²) in [4.78, 5) is 18.7. The van der Waals surface area contributed by atoms with Crippen LogP contribution in [0.4, 0.5) is 5.82 Å². The number of carbonyl (C=O) groups is 1. The summed E-state index contributed by atoms with van der Waals surface area (Å²) in [5.41, 5.74) is 2.10. The van der Waals surface area contributed by atoms with Gasteiger partial charge in [0.2, 0.25) is 0 Å². The first-order valence-corrected chi connectivity index (χ1v) is 8.49. The van der Waals surface area contributed by atoms with Crippen molar-refractivity contribution in [1.82, 2.24) is 9.88 Å². The van der Waals surface area contributed by atoms with Crippen molar-refractivity contribution in [3.63, 3.8) is 0 Å². The van der Waals surface area contributed by atoms with Crippen molar-refractivity contribution in [2.24, 2.45) is 0 Å². The Labute approximate surface area is 140 Å². The van der Waals surface area contributed by atoms with Crippen LogP contribution in [0.5, 0.6) is 0 Å². The molecule has 0 unspecified atom stereocenters. The standard InChI is InChI=1S/C17H21N3O2S/c1-17(2)12-5-7-18-15(14(12)16(21)22-17)19-9-13(20(3)4)11-6-8-23-10-11/h5-8,10,13H,9H2,1-4H3,(H,18,19)/t13-/m0/s1. The minimum atomic E-state index is -0.597. The van der Waals surface area contributed by atoms with Crippen LogP contribution in [0.2, 0.25) is 0 Å². The van der Waals surface area contributed by atoms with Gasteiger partial charge in [-0.1, -0.05) is 0 Å². The molecule has 1 aliphatic heterocycles. The Hall–Kier alpha value is -1.92. The monoisotopic (exact) mass is 331 g/mol. The van der Waals surface area contributed by atoms with E-state index in [1.165, 1.54) is 5.56 Å². The molecule has 122 valence electrons. The summed E-state index contributed by atoms with van der Waals surface area (Å²) in [6.45, 7) is 4.46. The Balaban J connectivity index is 1.85. The summed E-state index contributed by atoms with van der Waals surface area (Å²) in [6, 6.07) is 4.19. The zero-order valence-corrected chi connectivity index (χ0v) is 14.6. The number of hydrogen-bond acceptors (Lipinski definition) is 6. The number of esters is 1. The van der Waals surface area contributed by atoms with Gasteiger partial charge < -0.3 is 15.0 Å². The normalized spacial score (nSPS) is 17.0. The third-order valence-corrected chi connectivity index (χ3v) is 4.87. The number of nitrogens with zero attached hydrogens (tertiary/aromatic N) is 2. The zero-order valence-electron chi connectivity index (χ0n) is 13.8. The highest BCUT2D eigenvalue weighted by molar-refractivity contribution is 7.07. The second kappa shape index (κ2) is 5.94. The highest BCUT2D eigenvalue weighted by Gasteiger charge is 2.40. The van der Waals surface area contributed by atoms with Crippen molar-refractivity contribution in [2.75, 3.05) is 26.0 Å². The maximum atomic E-state index is 12.2. The highest BCUT2D eigenvalue weighted by Crippen LogP contribution is 2.38. The van der Waals surface area contributed by atoms with E-state index in [0.29, 0.717) is 17.9 Å². The van der Waals surface area contributed by atoms with Crippen LogP contribution in [0.15, 0.2) is 29.1 Å². The van der Waals surface area contributed by atoms with Crippen molar-refractivity contribution in [1.29, 1.82) is 0 Å². The topological polar surface area (TPSA) is 54.5 Å². The molecule has 0 amide bonds. The van der Waals surface area contributed by atoms with Crippen LogP contribution in [-0.2, 0) is 10.3 Å². The lowest BCUT2D eigenvalue weighted by molar-refractivity contribution is 0.00958. The molecule has 0 spiro atoms. The second-order valence-electron chi connectivity index (χ2n) is 6.40. The minimum absolute atomic E-state index is 0.212. The van der Waals surface area contributed by atoms with Crippen LogP contribution in [0.3, 0.4) is 0 Å². The van der Waals surface area contributed by atoms with E-state index < -0.39 is 5.60 Å². The number of aromatic nitrogens is 1. The number of pyridine rings is 1. The van der Waals surface area contributed by atoms with E-state index in [1.54, 1.807) is 17.5 Å². The minimum Gasteiger partial charge on any atom is -0.451 e. The average molecular weight is 331 g/mol. The summed E-state index contributed by atoms with van der Waals surface area (Å²) in [6.07, 6.45) is 1.72. The smallest absolute Gasteiger partial charge is 0.343 e. The lowest BCUT2D eigenvalue weighted by atomic mass is 9.97. The largest absolute Gasteiger partial charge is 0.451 e. The van der Waals surface area contributed by atoms with E-state index in [1.807, 2.05) is 34.0 Å². The van der Waals surface area contributed by atoms with Gasteiger partial charge in [-0.25, -0.2) is 9.78 Å². The van der Waals surface area contributed by atoms with Crippen LogP contribution in [0.25, 0.3) is 0 Å². The number of carbonyl (C=O) groups excluding carboxylic acids is 1. The van der Waals surface area contributed by atoms with Gasteiger partial charge in [0, 0.05) is 18.3 Å². The third kappa shape index (κ3) is 2.96. The van der Waals surface area contributed by atoms with Gasteiger partial charge in [-0.05, 0) is 56.4 Å². The van der Waals surface area contributed by atoms with Gasteiger partial charge >= 0.3 is 5.97 Å². The first-order valence-electron chi connectivity index (χ1n) is 7.55. The summed E-state index contributed by atoms with van der Waals surface area (Å²) < 4.78 is 5.46. The van der Waals surface area contributed by atoms with Crippen LogP contribution in [-0.4, -0.2) is 36.5 Å². The van der Waals surface area contributed by atoms with Crippen LogP contribution >= 0.6 is 11.3 Å². The number of thiophene rings is 1. The maximum absolute atomic E-state index is 12.2. The van der Waals surface area contributed by atoms with E-state index in [4.69, 9.17) is 4.74 Å². The molecule has 0 radical (unpaired) electrons. The molecule has 2 aromatic heterocycles. The van der Waals surface area contributed by atoms with Gasteiger partial charge in [-0.3, -0.25) is 0 Å². The third-order valence-electron chi connectivity index (χ3n) is 4.17. The molecule has 1 aliphatic rings. The first-order chi connectivity index (χ1) is 10.9. The maximum Gasteiger partial charge on any atom is 0.343 e. The van der Waals surface area contributed by atoms with Gasteiger partial charge in [0.05, 0.1) is 6.04 Å². The summed E-state index contributed by atoms with van der Waals surface area (Å²) >= 11 is 1.68. The molecule has 1 atom stereocenters. The molecule has 0 aliphatic carbocycles. The number of rotatable bonds is 5. The fourth-order valence-corrected chi connectivity index (χ4v) is 3.61. The molecule has 0 fully saturated rings. The Morgan fingerprint density at radius 1 is 1.39 bits per heavy atom. The molecule has 6 heteroatoms. The molecule has 0 saturated heterocycles. The van der Waals surface area contributed by atoms with Crippen LogP contribution in [0.1, 0.15) is 41.4 Å². The molecule has 2 aromatic rings. The number of nitrogens with one attached hydrogen (secondary N) is 1. The molecule has 1 N–H and O–H groups in total. The molecular weight excluding hydrogens is 310 g/mol. The Morgan fingerprint density at radius 2 is 2.17 bits per heavy atom. The van der Waals surface area contributed by atoms with Gasteiger partial charge in [-0.15, -0.1) is 0 Å². The average Bonchev–Trinajstić information content (AvgIpc) is 3.07. The van der Waals surface area contributed by atoms with Crippen LogP contribution < -0.4 is 5.32 Å². The van der Waals surface area contributed by atoms with E-state index in [9.17, 15) is 4.79 Å². The number of likely N-dealkylation sites (N-methyl/N-ethyl adjacent to an activating group) is 1. The number of hydrogen-bond donors (Lipinski definition) is 1. The SMILES string of the molecule is CN(C)[C@@H](CNc1nccc2c1C(=O)OC2(C)C)c1ccsc1. The van der Waals surface area contributed by atoms with Gasteiger partial charge in [-0.2, -0.15) is 11.3 Å². The Morgan fingerprint density at radius 3 is 2.83 bits per heavy atom. The van der Waals surface area contributed by atoms with Crippen LogP contribution in [0, 0.1) is 0 Å². The van der Waals surface area contributed by atoms with E-state index in [0.717, 1.165) is 5.56 Å². The molecule has 0 bridgehead atoms. The van der Waals surface area contributed by atoms with Crippen molar-refractivity contribution in [3.8, 4) is 0 Å². The number of ether oxygens (including phenoxy) is 1. The van der Waals surface area contributed by atoms with Crippen molar-refractivity contribution in [3.05, 3.63) is 45.8 Å². The van der Waals surface area contributed by atoms with Gasteiger partial charge in [0.25, 0.3) is 0 Å². The predicted octanol–water partition coefficient (Wildman–Crippen LogP) is 3.26. The van der Waals surface area contributed by atoms with Crippen molar-refractivity contribution >= 4 is 23.1 Å². The summed E-state index contributed by atoms with van der Waals surface area (Å²) in [5.74, 6) is 0.290. The molecule has 5 nitrogen and oxygen atoms in total. The Bertz CT molecular complexity index is 711. The van der Waals surface area contributed by atoms with Gasteiger partial charge in [0.15, 0.2) is 0 Å². The molecule has 3 heterocycles. The van der Waals surface area contributed by atoms with E-state index in [2.05, 4.69) is 32.0 Å². The molecular formula is C17H21N3O2S. The molecule has 0 aromatic carbocycles. The van der Waals surface area contributed by atoms with Crippen molar-refractivity contribution < 1.29 is 9.53 Å². The summed E-state index contributed by atoms with van der Waals surface area (Å²) in [7, 11) is 4.09. The predicted molar refractivity (Wildman–Crippen MR) is 91.9 cm³/mol. The number of anilines is 1. The quantitative estimate of drug-likeness (QED) is 0.852. The molecule has 3 rings (SSSR count). The first kappa shape index (κ1) is 16.0. The van der Waals surface area contributed by atoms with Crippen molar-refractivity contribution in [2.45, 2.75) is 25.5 Å². The molecule has 23 heavy (non-hydrogen) atoms. The zero-order chi connectivity index (χ0) is 16.6. The van der Waals surface area contributed by atoms with E-state index >= 15 is 0 Å². The lowest BCUT2D eigenvalue weighted by Gasteiger charge is -2.24. The number of fused-ring (bicyclic) bond motifs is 1. The molecule has 0 saturated carbocycles. The Kier molecular flexibility index (Phi) is 4.12. The summed E-state index contributed by atoms with van der Waals surface area (Å²) in [5, 5.41) is 7.55. The number of cyclic esters (lactones) is 1. The fraction of sp³-hybridized carbons (Fsp3) is 0.412. The fourth-order valence-electron chi connectivity index (χ4n) is 2.90.